The average Bonchev–Trinajstić information content (AvgIpc) is 2.22. The van der Waals surface area contributed by atoms with Crippen molar-refractivity contribution in [2.75, 3.05) is 0 Å². The largest absolute Gasteiger partial charge is 0.480 e. The molecule has 0 saturated carbocycles. The third-order valence-corrected chi connectivity index (χ3v) is 3.17. The monoisotopic (exact) mass is 275 g/mol. The maximum absolute atomic E-state index is 11.2. The van der Waals surface area contributed by atoms with Gasteiger partial charge in [-0.2, -0.15) is 0 Å². The number of benzene rings is 1. The lowest BCUT2D eigenvalue weighted by Crippen LogP contribution is -2.43. The fourth-order valence-corrected chi connectivity index (χ4v) is 1.71. The Balaban J connectivity index is 3.15. The molecule has 1 atom stereocenters. The lowest BCUT2D eigenvalue weighted by Gasteiger charge is -2.21. The molecule has 3 N–H and O–H groups in total. The Morgan fingerprint density at radius 2 is 2.00 bits per heavy atom. The van der Waals surface area contributed by atoms with Crippen LogP contribution in [-0.4, -0.2) is 17.0 Å². The normalized spacial score (nSPS) is 14.1. The van der Waals surface area contributed by atoms with Crippen LogP contribution in [0.15, 0.2) is 18.2 Å². The van der Waals surface area contributed by atoms with Crippen molar-refractivity contribution in [3.05, 3.63) is 33.8 Å². The summed E-state index contributed by atoms with van der Waals surface area (Å²) in [5.41, 5.74) is 3.89. The van der Waals surface area contributed by atoms with Crippen LogP contribution in [0.4, 0.5) is 0 Å². The predicted octanol–water partition coefficient (Wildman–Crippen LogP) is 2.11. The van der Waals surface area contributed by atoms with Crippen LogP contribution in [0.3, 0.4) is 0 Å². The first kappa shape index (κ1) is 13.8. The second-order valence-electron chi connectivity index (χ2n) is 3.91. The van der Waals surface area contributed by atoms with E-state index in [9.17, 15) is 9.59 Å². The van der Waals surface area contributed by atoms with Crippen molar-refractivity contribution in [1.29, 1.82) is 0 Å². The first-order chi connectivity index (χ1) is 7.77. The second kappa shape index (κ2) is 4.94. The summed E-state index contributed by atoms with van der Waals surface area (Å²) < 4.78 is 0. The van der Waals surface area contributed by atoms with Gasteiger partial charge in [-0.05, 0) is 37.1 Å². The number of aliphatic carboxylic acids is 1. The third kappa shape index (κ3) is 2.90. The van der Waals surface area contributed by atoms with Gasteiger partial charge in [-0.1, -0.05) is 23.2 Å². The summed E-state index contributed by atoms with van der Waals surface area (Å²) in [6, 6.07) is 4.65. The van der Waals surface area contributed by atoms with Crippen LogP contribution in [0.5, 0.6) is 0 Å². The van der Waals surface area contributed by atoms with Gasteiger partial charge in [0.25, 0.3) is 0 Å². The summed E-state index contributed by atoms with van der Waals surface area (Å²) in [7, 11) is 0. The number of hydrogen-bond acceptors (Lipinski definition) is 2. The fourth-order valence-electron chi connectivity index (χ4n) is 1.33. The van der Waals surface area contributed by atoms with Gasteiger partial charge in [-0.3, -0.25) is 9.59 Å². The summed E-state index contributed by atoms with van der Waals surface area (Å²) in [6.45, 7) is 1.26. The van der Waals surface area contributed by atoms with Crippen molar-refractivity contribution < 1.29 is 14.7 Å². The smallest absolute Gasteiger partial charge is 0.319 e. The summed E-state index contributed by atoms with van der Waals surface area (Å²) in [6.07, 6.45) is -0.100. The number of carboxylic acid groups (broad SMARTS) is 1. The van der Waals surface area contributed by atoms with Crippen LogP contribution in [0.25, 0.3) is 0 Å². The van der Waals surface area contributed by atoms with E-state index >= 15 is 0 Å². The molecule has 0 aliphatic heterocycles. The third-order valence-electron chi connectivity index (χ3n) is 2.57. The van der Waals surface area contributed by atoms with Crippen LogP contribution in [0, 0.1) is 5.41 Å². The molecule has 0 heterocycles. The number of amides is 1. The molecule has 0 spiro atoms. The topological polar surface area (TPSA) is 80.4 Å². The number of nitrogens with two attached hydrogens (primary N) is 1. The maximum Gasteiger partial charge on any atom is 0.319 e. The fraction of sp³-hybridized carbons (Fsp3) is 0.273. The van der Waals surface area contributed by atoms with Crippen molar-refractivity contribution in [2.45, 2.75) is 13.3 Å². The summed E-state index contributed by atoms with van der Waals surface area (Å²) in [4.78, 5) is 22.3. The van der Waals surface area contributed by atoms with Gasteiger partial charge in [0.05, 0.1) is 0 Å². The van der Waals surface area contributed by atoms with Gasteiger partial charge >= 0.3 is 5.97 Å². The molecule has 1 rings (SSSR count). The maximum atomic E-state index is 11.2. The molecule has 6 heteroatoms. The molecule has 1 aromatic carbocycles. The van der Waals surface area contributed by atoms with Gasteiger partial charge in [0.2, 0.25) is 5.91 Å². The lowest BCUT2D eigenvalue weighted by molar-refractivity contribution is -0.153. The Labute approximate surface area is 108 Å². The molecule has 0 aliphatic carbocycles. The van der Waals surface area contributed by atoms with E-state index in [1.165, 1.54) is 13.0 Å². The average molecular weight is 276 g/mol. The van der Waals surface area contributed by atoms with Crippen LogP contribution in [-0.2, 0) is 16.0 Å². The highest BCUT2D eigenvalue weighted by molar-refractivity contribution is 6.33. The number of carbonyl (C=O) groups excluding carboxylic acids is 1. The van der Waals surface area contributed by atoms with E-state index in [1.54, 1.807) is 12.1 Å². The number of carbonyl (C=O) groups is 2. The molecule has 17 heavy (non-hydrogen) atoms. The molecule has 0 aromatic heterocycles. The van der Waals surface area contributed by atoms with Gasteiger partial charge in [-0.25, -0.2) is 0 Å². The molecule has 0 fully saturated rings. The lowest BCUT2D eigenvalue weighted by atomic mass is 9.83. The molecular weight excluding hydrogens is 265 g/mol. The van der Waals surface area contributed by atoms with Crippen molar-refractivity contribution in [1.82, 2.24) is 0 Å². The van der Waals surface area contributed by atoms with Gasteiger partial charge in [0, 0.05) is 10.0 Å². The Bertz CT molecular complexity index is 460. The molecular formula is C11H11Cl2NO3. The first-order valence-electron chi connectivity index (χ1n) is 4.74. The summed E-state index contributed by atoms with van der Waals surface area (Å²) >= 11 is 11.7. The molecule has 1 unspecified atom stereocenters. The minimum absolute atomic E-state index is 0.100. The van der Waals surface area contributed by atoms with E-state index in [4.69, 9.17) is 34.0 Å². The predicted molar refractivity (Wildman–Crippen MR) is 65.1 cm³/mol. The van der Waals surface area contributed by atoms with Crippen LogP contribution >= 0.6 is 23.2 Å². The number of halogens is 2. The highest BCUT2D eigenvalue weighted by Crippen LogP contribution is 2.29. The Morgan fingerprint density at radius 3 is 2.47 bits per heavy atom. The van der Waals surface area contributed by atoms with E-state index in [0.717, 1.165) is 0 Å². The van der Waals surface area contributed by atoms with Crippen LogP contribution < -0.4 is 5.73 Å². The zero-order valence-corrected chi connectivity index (χ0v) is 10.5. The molecule has 0 aliphatic rings. The zero-order valence-electron chi connectivity index (χ0n) is 9.04. The first-order valence-corrected chi connectivity index (χ1v) is 5.50. The second-order valence-corrected chi connectivity index (χ2v) is 4.76. The number of carboxylic acids is 1. The van der Waals surface area contributed by atoms with Gasteiger partial charge < -0.3 is 10.8 Å². The number of hydrogen-bond donors (Lipinski definition) is 2. The van der Waals surface area contributed by atoms with Crippen LogP contribution in [0.2, 0.25) is 10.0 Å². The zero-order chi connectivity index (χ0) is 13.2. The SMILES string of the molecule is CC(Cc1cc(Cl)ccc1Cl)(C(N)=O)C(=O)O. The van der Waals surface area contributed by atoms with Gasteiger partial charge in [-0.15, -0.1) is 0 Å². The Kier molecular flexibility index (Phi) is 4.01. The molecule has 4 nitrogen and oxygen atoms in total. The summed E-state index contributed by atoms with van der Waals surface area (Å²) in [5.74, 6) is -2.21. The standard InChI is InChI=1S/C11H11Cl2NO3/c1-11(9(14)15,10(16)17)5-6-4-7(12)2-3-8(6)13/h2-4H,5H2,1H3,(H2,14,15)(H,16,17). The van der Waals surface area contributed by atoms with Crippen molar-refractivity contribution in [2.24, 2.45) is 11.1 Å². The number of primary amides is 1. The highest BCUT2D eigenvalue weighted by Gasteiger charge is 2.40. The van der Waals surface area contributed by atoms with E-state index in [2.05, 4.69) is 0 Å². The molecule has 0 bridgehead atoms. The van der Waals surface area contributed by atoms with E-state index in [1.807, 2.05) is 0 Å². The summed E-state index contributed by atoms with van der Waals surface area (Å²) in [5, 5.41) is 9.82. The Hall–Kier alpha value is -1.26. The van der Waals surface area contributed by atoms with Crippen molar-refractivity contribution in [3.8, 4) is 0 Å². The Morgan fingerprint density at radius 1 is 1.41 bits per heavy atom. The number of rotatable bonds is 4. The van der Waals surface area contributed by atoms with E-state index in [-0.39, 0.29) is 6.42 Å². The van der Waals surface area contributed by atoms with Crippen LogP contribution in [0.1, 0.15) is 12.5 Å². The van der Waals surface area contributed by atoms with E-state index in [0.29, 0.717) is 15.6 Å². The molecule has 92 valence electrons. The van der Waals surface area contributed by atoms with E-state index < -0.39 is 17.3 Å². The molecule has 0 saturated heterocycles. The highest BCUT2D eigenvalue weighted by atomic mass is 35.5. The van der Waals surface area contributed by atoms with Gasteiger partial charge in [0.15, 0.2) is 0 Å². The van der Waals surface area contributed by atoms with Gasteiger partial charge in [0.1, 0.15) is 5.41 Å². The minimum Gasteiger partial charge on any atom is -0.480 e. The van der Waals surface area contributed by atoms with Crippen molar-refractivity contribution in [3.63, 3.8) is 0 Å². The van der Waals surface area contributed by atoms with Crippen molar-refractivity contribution >= 4 is 35.1 Å². The molecule has 0 radical (unpaired) electrons. The quantitative estimate of drug-likeness (QED) is 0.826. The minimum atomic E-state index is -1.70. The molecule has 1 amide bonds. The molecule has 1 aromatic rings.